The van der Waals surface area contributed by atoms with Gasteiger partial charge in [-0.2, -0.15) is 0 Å². The van der Waals surface area contributed by atoms with Crippen molar-refractivity contribution in [1.82, 2.24) is 10.2 Å². The van der Waals surface area contributed by atoms with Crippen molar-refractivity contribution in [3.05, 3.63) is 48.0 Å². The molecule has 0 saturated carbocycles. The number of amides is 1. The molecular weight excluding hydrogens is 236 g/mol. The molecule has 1 aliphatic heterocycles. The van der Waals surface area contributed by atoms with Crippen molar-refractivity contribution in [2.24, 2.45) is 0 Å². The van der Waals surface area contributed by atoms with E-state index in [-0.39, 0.29) is 11.9 Å². The summed E-state index contributed by atoms with van der Waals surface area (Å²) in [6, 6.07) is 14.8. The van der Waals surface area contributed by atoms with Crippen molar-refractivity contribution < 1.29 is 4.79 Å². The first kappa shape index (κ1) is 12.2. The smallest absolute Gasteiger partial charge is 0.220 e. The van der Waals surface area contributed by atoms with Gasteiger partial charge in [-0.15, -0.1) is 0 Å². The van der Waals surface area contributed by atoms with Gasteiger partial charge >= 0.3 is 0 Å². The fraction of sp³-hybridized carbons (Fsp3) is 0.312. The van der Waals surface area contributed by atoms with Crippen LogP contribution in [0.1, 0.15) is 18.5 Å². The van der Waals surface area contributed by atoms with Crippen molar-refractivity contribution >= 4 is 16.7 Å². The van der Waals surface area contributed by atoms with Gasteiger partial charge in [0.15, 0.2) is 0 Å². The molecule has 3 nitrogen and oxygen atoms in total. The average Bonchev–Trinajstić information content (AvgIpc) is 2.46. The summed E-state index contributed by atoms with van der Waals surface area (Å²) in [6.07, 6.45) is 0. The lowest BCUT2D eigenvalue weighted by Gasteiger charge is -2.36. The summed E-state index contributed by atoms with van der Waals surface area (Å²) in [5.41, 5.74) is 1.24. The third kappa shape index (κ3) is 2.22. The maximum absolute atomic E-state index is 11.8. The number of nitrogens with zero attached hydrogens (tertiary/aromatic N) is 1. The van der Waals surface area contributed by atoms with Crippen molar-refractivity contribution in [2.75, 3.05) is 19.6 Å². The van der Waals surface area contributed by atoms with Crippen LogP contribution < -0.4 is 5.32 Å². The molecule has 1 unspecified atom stereocenters. The van der Waals surface area contributed by atoms with Crippen LogP contribution >= 0.6 is 0 Å². The predicted octanol–water partition coefficient (Wildman–Crippen LogP) is 2.33. The second-order valence-electron chi connectivity index (χ2n) is 5.00. The maximum Gasteiger partial charge on any atom is 0.220 e. The van der Waals surface area contributed by atoms with E-state index in [1.54, 1.807) is 6.92 Å². The van der Waals surface area contributed by atoms with Crippen LogP contribution in [0.15, 0.2) is 42.5 Å². The van der Waals surface area contributed by atoms with Gasteiger partial charge in [0, 0.05) is 26.6 Å². The highest BCUT2D eigenvalue weighted by atomic mass is 16.2. The van der Waals surface area contributed by atoms with Gasteiger partial charge < -0.3 is 10.2 Å². The van der Waals surface area contributed by atoms with E-state index in [9.17, 15) is 4.79 Å². The van der Waals surface area contributed by atoms with E-state index < -0.39 is 0 Å². The van der Waals surface area contributed by atoms with E-state index in [0.29, 0.717) is 0 Å². The number of carbonyl (C=O) groups is 1. The molecular formula is C16H18N2O. The number of carbonyl (C=O) groups excluding carboxylic acids is 1. The number of fused-ring (bicyclic) bond motifs is 1. The number of hydrogen-bond acceptors (Lipinski definition) is 2. The Morgan fingerprint density at radius 3 is 2.84 bits per heavy atom. The minimum Gasteiger partial charge on any atom is -0.333 e. The van der Waals surface area contributed by atoms with Crippen molar-refractivity contribution in [3.8, 4) is 0 Å². The number of hydrogen-bond donors (Lipinski definition) is 1. The SMILES string of the molecule is CC(=O)N1CCNCC1c1cccc2ccccc12. The van der Waals surface area contributed by atoms with Gasteiger partial charge in [0.25, 0.3) is 0 Å². The van der Waals surface area contributed by atoms with Crippen LogP contribution in [0.3, 0.4) is 0 Å². The van der Waals surface area contributed by atoms with E-state index in [1.807, 2.05) is 11.0 Å². The average molecular weight is 254 g/mol. The highest BCUT2D eigenvalue weighted by Crippen LogP contribution is 2.29. The van der Waals surface area contributed by atoms with E-state index in [1.165, 1.54) is 16.3 Å². The molecule has 1 atom stereocenters. The third-order valence-corrected chi connectivity index (χ3v) is 3.83. The number of rotatable bonds is 1. The lowest BCUT2D eigenvalue weighted by molar-refractivity contribution is -0.132. The molecule has 1 heterocycles. The summed E-state index contributed by atoms with van der Waals surface area (Å²) in [5, 5.41) is 5.86. The highest BCUT2D eigenvalue weighted by molar-refractivity contribution is 5.86. The lowest BCUT2D eigenvalue weighted by Crippen LogP contribution is -2.47. The van der Waals surface area contributed by atoms with E-state index in [2.05, 4.69) is 41.7 Å². The largest absolute Gasteiger partial charge is 0.333 e. The summed E-state index contributed by atoms with van der Waals surface area (Å²) in [4.78, 5) is 13.8. The second kappa shape index (κ2) is 5.02. The van der Waals surface area contributed by atoms with Crippen LogP contribution in [0.5, 0.6) is 0 Å². The Kier molecular flexibility index (Phi) is 3.22. The molecule has 3 heteroatoms. The fourth-order valence-corrected chi connectivity index (χ4v) is 2.90. The molecule has 0 bridgehead atoms. The second-order valence-corrected chi connectivity index (χ2v) is 5.00. The first-order valence-electron chi connectivity index (χ1n) is 6.73. The highest BCUT2D eigenvalue weighted by Gasteiger charge is 2.26. The zero-order valence-electron chi connectivity index (χ0n) is 11.1. The standard InChI is InChI=1S/C16H18N2O/c1-12(19)18-10-9-17-11-16(18)15-8-4-6-13-5-2-3-7-14(13)15/h2-8,16-17H,9-11H2,1H3. The van der Waals surface area contributed by atoms with Crippen LogP contribution in [0.25, 0.3) is 10.8 Å². The molecule has 1 saturated heterocycles. The molecule has 1 N–H and O–H groups in total. The number of nitrogens with one attached hydrogen (secondary N) is 1. The first-order valence-corrected chi connectivity index (χ1v) is 6.73. The summed E-state index contributed by atoms with van der Waals surface area (Å²) in [7, 11) is 0. The van der Waals surface area contributed by atoms with Gasteiger partial charge in [-0.05, 0) is 16.3 Å². The summed E-state index contributed by atoms with van der Waals surface area (Å²) in [5.74, 6) is 0.152. The Bertz CT molecular complexity index is 603. The Labute approximate surface area is 113 Å². The van der Waals surface area contributed by atoms with Gasteiger partial charge in [0.05, 0.1) is 6.04 Å². The van der Waals surface area contributed by atoms with Gasteiger partial charge in [0.1, 0.15) is 0 Å². The van der Waals surface area contributed by atoms with E-state index in [0.717, 1.165) is 19.6 Å². The van der Waals surface area contributed by atoms with Crippen LogP contribution in [-0.2, 0) is 4.79 Å². The summed E-state index contributed by atoms with van der Waals surface area (Å²) < 4.78 is 0. The van der Waals surface area contributed by atoms with Crippen LogP contribution in [0.2, 0.25) is 0 Å². The van der Waals surface area contributed by atoms with Gasteiger partial charge in [0.2, 0.25) is 5.91 Å². The monoisotopic (exact) mass is 254 g/mol. The minimum atomic E-state index is 0.136. The molecule has 0 aromatic heterocycles. The molecule has 1 fully saturated rings. The normalized spacial score (nSPS) is 19.6. The van der Waals surface area contributed by atoms with Gasteiger partial charge in [-0.3, -0.25) is 4.79 Å². The van der Waals surface area contributed by atoms with Crippen molar-refractivity contribution in [3.63, 3.8) is 0 Å². The van der Waals surface area contributed by atoms with Gasteiger partial charge in [-0.1, -0.05) is 42.5 Å². The number of benzene rings is 2. The summed E-state index contributed by atoms with van der Waals surface area (Å²) in [6.45, 7) is 4.14. The molecule has 1 amide bonds. The Hall–Kier alpha value is -1.87. The van der Waals surface area contributed by atoms with Crippen LogP contribution in [-0.4, -0.2) is 30.4 Å². The molecule has 0 radical (unpaired) electrons. The molecule has 19 heavy (non-hydrogen) atoms. The van der Waals surface area contributed by atoms with Crippen molar-refractivity contribution in [2.45, 2.75) is 13.0 Å². The van der Waals surface area contributed by atoms with Crippen LogP contribution in [0.4, 0.5) is 0 Å². The molecule has 0 aliphatic carbocycles. The fourth-order valence-electron chi connectivity index (χ4n) is 2.90. The zero-order chi connectivity index (χ0) is 13.2. The summed E-state index contributed by atoms with van der Waals surface area (Å²) >= 11 is 0. The first-order chi connectivity index (χ1) is 9.27. The van der Waals surface area contributed by atoms with Crippen molar-refractivity contribution in [1.29, 1.82) is 0 Å². The quantitative estimate of drug-likeness (QED) is 0.847. The predicted molar refractivity (Wildman–Crippen MR) is 76.9 cm³/mol. The molecule has 98 valence electrons. The maximum atomic E-state index is 11.8. The molecule has 2 aromatic rings. The van der Waals surface area contributed by atoms with E-state index in [4.69, 9.17) is 0 Å². The van der Waals surface area contributed by atoms with Crippen LogP contribution in [0, 0.1) is 0 Å². The Morgan fingerprint density at radius 1 is 1.21 bits per heavy atom. The topological polar surface area (TPSA) is 32.3 Å². The Balaban J connectivity index is 2.09. The van der Waals surface area contributed by atoms with E-state index >= 15 is 0 Å². The molecule has 3 rings (SSSR count). The number of piperazine rings is 1. The zero-order valence-corrected chi connectivity index (χ0v) is 11.1. The molecule has 0 spiro atoms. The lowest BCUT2D eigenvalue weighted by atomic mass is 9.96. The Morgan fingerprint density at radius 2 is 2.00 bits per heavy atom. The molecule has 2 aromatic carbocycles. The minimum absolute atomic E-state index is 0.136. The molecule has 1 aliphatic rings. The van der Waals surface area contributed by atoms with Gasteiger partial charge in [-0.25, -0.2) is 0 Å². The third-order valence-electron chi connectivity index (χ3n) is 3.83.